The molecule has 0 bridgehead atoms. The fraction of sp³-hybridized carbons (Fsp3) is 0.300. The van der Waals surface area contributed by atoms with Crippen molar-refractivity contribution in [1.29, 1.82) is 0 Å². The number of nitrogens with zero attached hydrogens (tertiary/aromatic N) is 6. The number of benzene rings is 1. The van der Waals surface area contributed by atoms with Crippen LogP contribution < -0.4 is 4.90 Å². The molecule has 0 atom stereocenters. The average Bonchev–Trinajstić information content (AvgIpc) is 3.53. The highest BCUT2D eigenvalue weighted by Crippen LogP contribution is 2.30. The van der Waals surface area contributed by atoms with Gasteiger partial charge in [0.15, 0.2) is 5.16 Å². The van der Waals surface area contributed by atoms with E-state index in [4.69, 9.17) is 9.26 Å². The summed E-state index contributed by atoms with van der Waals surface area (Å²) in [5.41, 5.74) is 3.19. The number of thiophene rings is 1. The smallest absolute Gasteiger partial charge is 0.237 e. The monoisotopic (exact) mass is 440 g/mol. The molecule has 0 amide bonds. The summed E-state index contributed by atoms with van der Waals surface area (Å²) in [7, 11) is 0. The Labute approximate surface area is 181 Å². The average molecular weight is 441 g/mol. The fourth-order valence-corrected chi connectivity index (χ4v) is 4.71. The molecule has 0 radical (unpaired) electrons. The second kappa shape index (κ2) is 8.58. The van der Waals surface area contributed by atoms with Crippen molar-refractivity contribution in [3.05, 3.63) is 52.5 Å². The third-order valence-electron chi connectivity index (χ3n) is 4.84. The van der Waals surface area contributed by atoms with Gasteiger partial charge in [0.05, 0.1) is 24.7 Å². The van der Waals surface area contributed by atoms with E-state index >= 15 is 0 Å². The van der Waals surface area contributed by atoms with Crippen molar-refractivity contribution in [3.8, 4) is 17.1 Å². The highest BCUT2D eigenvalue weighted by Gasteiger charge is 2.23. The van der Waals surface area contributed by atoms with Crippen molar-refractivity contribution < 1.29 is 9.26 Å². The van der Waals surface area contributed by atoms with Gasteiger partial charge in [-0.2, -0.15) is 16.3 Å². The molecule has 8 nitrogen and oxygen atoms in total. The van der Waals surface area contributed by atoms with Crippen LogP contribution in [0.3, 0.4) is 0 Å². The van der Waals surface area contributed by atoms with Gasteiger partial charge < -0.3 is 14.2 Å². The van der Waals surface area contributed by atoms with E-state index in [9.17, 15) is 0 Å². The lowest BCUT2D eigenvalue weighted by atomic mass is 10.2. The highest BCUT2D eigenvalue weighted by molar-refractivity contribution is 7.98. The third kappa shape index (κ3) is 3.85. The molecule has 5 rings (SSSR count). The Morgan fingerprint density at radius 2 is 2.00 bits per heavy atom. The van der Waals surface area contributed by atoms with E-state index in [0.29, 0.717) is 30.7 Å². The Hall–Kier alpha value is -2.69. The summed E-state index contributed by atoms with van der Waals surface area (Å²) >= 11 is 3.15. The number of ether oxygens (including phenoxy) is 1. The van der Waals surface area contributed by atoms with Crippen molar-refractivity contribution in [2.45, 2.75) is 17.8 Å². The minimum Gasteiger partial charge on any atom is -0.378 e. The molecule has 4 aromatic rings. The molecule has 3 aromatic heterocycles. The number of morpholine rings is 1. The number of hydrogen-bond donors (Lipinski definition) is 0. The van der Waals surface area contributed by atoms with Crippen molar-refractivity contribution in [3.63, 3.8) is 0 Å². The molecule has 0 aliphatic carbocycles. The van der Waals surface area contributed by atoms with Crippen LogP contribution in [0.2, 0.25) is 0 Å². The first-order valence-electron chi connectivity index (χ1n) is 9.61. The van der Waals surface area contributed by atoms with Crippen molar-refractivity contribution in [2.75, 3.05) is 31.2 Å². The molecule has 1 aromatic carbocycles. The Kier molecular flexibility index (Phi) is 5.52. The number of rotatable bonds is 6. The fourth-order valence-electron chi connectivity index (χ4n) is 3.30. The first-order chi connectivity index (χ1) is 14.8. The van der Waals surface area contributed by atoms with Gasteiger partial charge in [0.25, 0.3) is 0 Å². The minimum absolute atomic E-state index is 0.518. The summed E-state index contributed by atoms with van der Waals surface area (Å²) in [6.07, 6.45) is 0. The van der Waals surface area contributed by atoms with E-state index < -0.39 is 0 Å². The van der Waals surface area contributed by atoms with Gasteiger partial charge in [-0.3, -0.25) is 4.57 Å². The van der Waals surface area contributed by atoms with Crippen LogP contribution in [0.25, 0.3) is 17.1 Å². The molecular weight excluding hydrogens is 420 g/mol. The lowest BCUT2D eigenvalue weighted by molar-refractivity contribution is 0.122. The first-order valence-corrected chi connectivity index (χ1v) is 11.5. The molecule has 4 heterocycles. The maximum atomic E-state index is 5.50. The normalized spacial score (nSPS) is 14.4. The minimum atomic E-state index is 0.518. The largest absolute Gasteiger partial charge is 0.378 e. The van der Waals surface area contributed by atoms with Gasteiger partial charge in [-0.25, -0.2) is 0 Å². The van der Waals surface area contributed by atoms with Crippen LogP contribution in [-0.2, 0) is 10.5 Å². The second-order valence-electron chi connectivity index (χ2n) is 6.82. The number of aryl methyl sites for hydroxylation is 1. The first kappa shape index (κ1) is 19.3. The van der Waals surface area contributed by atoms with Crippen LogP contribution in [0.5, 0.6) is 0 Å². The van der Waals surface area contributed by atoms with E-state index in [1.807, 2.05) is 29.0 Å². The summed E-state index contributed by atoms with van der Waals surface area (Å²) in [6.45, 7) is 5.07. The number of para-hydroxylation sites is 1. The van der Waals surface area contributed by atoms with Gasteiger partial charge in [0, 0.05) is 24.0 Å². The van der Waals surface area contributed by atoms with Crippen LogP contribution in [0, 0.1) is 6.92 Å². The predicted octanol–water partition coefficient (Wildman–Crippen LogP) is 3.82. The molecule has 154 valence electrons. The Morgan fingerprint density at radius 3 is 2.80 bits per heavy atom. The van der Waals surface area contributed by atoms with Crippen LogP contribution in [0.4, 0.5) is 5.95 Å². The number of aromatic nitrogens is 5. The standard InChI is InChI=1S/C20H20N6O2S2/c1-14-4-2-3-5-16(14)26-19(25-7-9-27-10-8-25)22-23-20(26)30-13-17-21-18(24-28-17)15-6-11-29-12-15/h2-6,11-12H,7-10,13H2,1H3. The maximum Gasteiger partial charge on any atom is 0.237 e. The lowest BCUT2D eigenvalue weighted by Gasteiger charge is -2.28. The van der Waals surface area contributed by atoms with E-state index in [1.165, 1.54) is 11.8 Å². The summed E-state index contributed by atoms with van der Waals surface area (Å²) < 4.78 is 13.1. The molecule has 1 fully saturated rings. The third-order valence-corrected chi connectivity index (χ3v) is 6.44. The molecule has 0 spiro atoms. The van der Waals surface area contributed by atoms with Gasteiger partial charge in [-0.1, -0.05) is 35.1 Å². The summed E-state index contributed by atoms with van der Waals surface area (Å²) in [4.78, 5) is 6.72. The zero-order chi connectivity index (χ0) is 20.3. The van der Waals surface area contributed by atoms with Gasteiger partial charge in [-0.15, -0.1) is 10.2 Å². The maximum absolute atomic E-state index is 5.50. The quantitative estimate of drug-likeness (QED) is 0.419. The van der Waals surface area contributed by atoms with Crippen LogP contribution in [-0.4, -0.2) is 51.2 Å². The van der Waals surface area contributed by atoms with E-state index in [1.54, 1.807) is 11.3 Å². The molecule has 1 aliphatic rings. The Balaban J connectivity index is 1.43. The molecule has 1 aliphatic heterocycles. The topological polar surface area (TPSA) is 82.1 Å². The number of thioether (sulfide) groups is 1. The van der Waals surface area contributed by atoms with E-state index in [2.05, 4.69) is 48.9 Å². The van der Waals surface area contributed by atoms with Crippen molar-refractivity contribution >= 4 is 29.0 Å². The molecule has 10 heteroatoms. The summed E-state index contributed by atoms with van der Waals surface area (Å²) in [5.74, 6) is 2.53. The van der Waals surface area contributed by atoms with Crippen LogP contribution in [0.15, 0.2) is 50.8 Å². The van der Waals surface area contributed by atoms with E-state index in [0.717, 1.165) is 41.0 Å². The van der Waals surface area contributed by atoms with Gasteiger partial charge in [0.1, 0.15) is 0 Å². The summed E-state index contributed by atoms with van der Waals surface area (Å²) in [5, 5.41) is 17.9. The van der Waals surface area contributed by atoms with Crippen molar-refractivity contribution in [2.24, 2.45) is 0 Å². The SMILES string of the molecule is Cc1ccccc1-n1c(SCc2nc(-c3ccsc3)no2)nnc1N1CCOCC1. The summed E-state index contributed by atoms with van der Waals surface area (Å²) in [6, 6.07) is 10.2. The van der Waals surface area contributed by atoms with E-state index in [-0.39, 0.29) is 0 Å². The highest BCUT2D eigenvalue weighted by atomic mass is 32.2. The van der Waals surface area contributed by atoms with Crippen LogP contribution >= 0.6 is 23.1 Å². The Bertz CT molecular complexity index is 1120. The molecule has 0 unspecified atom stereocenters. The zero-order valence-electron chi connectivity index (χ0n) is 16.4. The molecule has 1 saturated heterocycles. The molecule has 0 N–H and O–H groups in total. The van der Waals surface area contributed by atoms with Gasteiger partial charge in [-0.05, 0) is 30.0 Å². The second-order valence-corrected chi connectivity index (χ2v) is 8.54. The predicted molar refractivity (Wildman–Crippen MR) is 116 cm³/mol. The number of anilines is 1. The molecule has 0 saturated carbocycles. The number of hydrogen-bond acceptors (Lipinski definition) is 9. The molecular formula is C20H20N6O2S2. The van der Waals surface area contributed by atoms with Crippen LogP contribution in [0.1, 0.15) is 11.5 Å². The van der Waals surface area contributed by atoms with Gasteiger partial charge in [0.2, 0.25) is 17.7 Å². The lowest BCUT2D eigenvalue weighted by Crippen LogP contribution is -2.38. The van der Waals surface area contributed by atoms with Crippen molar-refractivity contribution in [1.82, 2.24) is 24.9 Å². The Morgan fingerprint density at radius 1 is 1.13 bits per heavy atom. The zero-order valence-corrected chi connectivity index (χ0v) is 18.0. The molecule has 30 heavy (non-hydrogen) atoms. The van der Waals surface area contributed by atoms with Gasteiger partial charge >= 0.3 is 0 Å².